The Kier molecular flexibility index (Phi) is 5.21. The van der Waals surface area contributed by atoms with Gasteiger partial charge in [-0.05, 0) is 42.7 Å². The largest absolute Gasteiger partial charge is 0.339 e. The molecule has 2 heterocycles. The Hall–Kier alpha value is -2.25. The zero-order valence-corrected chi connectivity index (χ0v) is 17.3. The number of carbonyl (C=O) groups excluding carboxylic acids is 1. The third kappa shape index (κ3) is 4.25. The topological polar surface area (TPSA) is 67.3 Å². The molecular formula is C21H22N2O3S2. The van der Waals surface area contributed by atoms with Gasteiger partial charge in [0.05, 0.1) is 21.0 Å². The number of rotatable bonds is 4. The number of amides is 1. The first-order valence-electron chi connectivity index (χ1n) is 9.30. The van der Waals surface area contributed by atoms with Crippen LogP contribution in [0.3, 0.4) is 0 Å². The zero-order valence-electron chi connectivity index (χ0n) is 15.7. The van der Waals surface area contributed by atoms with Gasteiger partial charge in [0.15, 0.2) is 9.84 Å². The number of carbonyl (C=O) groups is 1. The lowest BCUT2D eigenvalue weighted by Crippen LogP contribution is -2.37. The van der Waals surface area contributed by atoms with Gasteiger partial charge < -0.3 is 4.90 Å². The maximum Gasteiger partial charge on any atom is 0.253 e. The average Bonchev–Trinajstić information content (AvgIpc) is 3.11. The molecule has 7 heteroatoms. The van der Waals surface area contributed by atoms with E-state index in [-0.39, 0.29) is 11.7 Å². The Morgan fingerprint density at radius 3 is 2.61 bits per heavy atom. The Bertz CT molecular complexity index is 1080. The van der Waals surface area contributed by atoms with Gasteiger partial charge in [-0.1, -0.05) is 24.3 Å². The molecule has 0 spiro atoms. The van der Waals surface area contributed by atoms with Crippen molar-refractivity contribution in [3.63, 3.8) is 0 Å². The highest BCUT2D eigenvalue weighted by molar-refractivity contribution is 7.89. The molecule has 0 bridgehead atoms. The van der Waals surface area contributed by atoms with Crippen molar-refractivity contribution in [2.45, 2.75) is 24.5 Å². The number of sulfone groups is 1. The Morgan fingerprint density at radius 2 is 1.89 bits per heavy atom. The van der Waals surface area contributed by atoms with Gasteiger partial charge in [-0.3, -0.25) is 4.79 Å². The third-order valence-corrected chi connectivity index (χ3v) is 7.10. The minimum absolute atomic E-state index is 0.0295. The number of nitrogens with zero attached hydrogens (tertiary/aromatic N) is 2. The van der Waals surface area contributed by atoms with Crippen LogP contribution in [0.1, 0.15) is 39.7 Å². The van der Waals surface area contributed by atoms with Crippen molar-refractivity contribution in [2.75, 3.05) is 19.3 Å². The lowest BCUT2D eigenvalue weighted by Gasteiger charge is -2.31. The van der Waals surface area contributed by atoms with E-state index in [9.17, 15) is 13.2 Å². The number of hydrogen-bond donors (Lipinski definition) is 0. The molecule has 0 unspecified atom stereocenters. The van der Waals surface area contributed by atoms with E-state index in [0.717, 1.165) is 23.4 Å². The number of benzene rings is 2. The van der Waals surface area contributed by atoms with E-state index < -0.39 is 9.84 Å². The lowest BCUT2D eigenvalue weighted by molar-refractivity contribution is 0.0713. The molecule has 146 valence electrons. The molecule has 3 aromatic rings. The molecule has 0 N–H and O–H groups in total. The number of aromatic nitrogens is 1. The molecule has 0 saturated carbocycles. The average molecular weight is 415 g/mol. The summed E-state index contributed by atoms with van der Waals surface area (Å²) >= 11 is 1.75. The quantitative estimate of drug-likeness (QED) is 0.650. The van der Waals surface area contributed by atoms with Gasteiger partial charge in [0.1, 0.15) is 0 Å². The van der Waals surface area contributed by atoms with Crippen molar-refractivity contribution in [2.24, 2.45) is 0 Å². The van der Waals surface area contributed by atoms with Gasteiger partial charge in [0, 0.05) is 30.8 Å². The molecule has 1 aromatic heterocycles. The highest BCUT2D eigenvalue weighted by Gasteiger charge is 2.26. The first-order valence-corrected chi connectivity index (χ1v) is 12.2. The van der Waals surface area contributed by atoms with Crippen LogP contribution in [0.15, 0.2) is 48.5 Å². The fourth-order valence-electron chi connectivity index (χ4n) is 3.67. The van der Waals surface area contributed by atoms with Gasteiger partial charge in [0.2, 0.25) is 0 Å². The minimum Gasteiger partial charge on any atom is -0.339 e. The second-order valence-electron chi connectivity index (χ2n) is 7.36. The van der Waals surface area contributed by atoms with Gasteiger partial charge in [-0.25, -0.2) is 13.4 Å². The highest BCUT2D eigenvalue weighted by atomic mass is 32.2. The van der Waals surface area contributed by atoms with Crippen LogP contribution in [0.4, 0.5) is 0 Å². The van der Waals surface area contributed by atoms with Crippen molar-refractivity contribution in [3.8, 4) is 0 Å². The Labute approximate surface area is 168 Å². The van der Waals surface area contributed by atoms with Crippen LogP contribution in [-0.4, -0.2) is 43.6 Å². The van der Waals surface area contributed by atoms with Crippen molar-refractivity contribution < 1.29 is 13.2 Å². The van der Waals surface area contributed by atoms with E-state index >= 15 is 0 Å². The number of para-hydroxylation sites is 1. The minimum atomic E-state index is -3.12. The summed E-state index contributed by atoms with van der Waals surface area (Å²) in [7, 11) is -3.12. The fraction of sp³-hybridized carbons (Fsp3) is 0.333. The van der Waals surface area contributed by atoms with Gasteiger partial charge in [-0.2, -0.15) is 0 Å². The van der Waals surface area contributed by atoms with Crippen molar-refractivity contribution in [1.29, 1.82) is 0 Å². The number of likely N-dealkylation sites (tertiary alicyclic amines) is 1. The molecule has 1 fully saturated rings. The predicted octanol–water partition coefficient (Wildman–Crippen LogP) is 3.86. The number of fused-ring (bicyclic) bond motifs is 1. The van der Waals surface area contributed by atoms with Gasteiger partial charge in [0.25, 0.3) is 5.91 Å². The summed E-state index contributed by atoms with van der Waals surface area (Å²) < 4.78 is 24.2. The summed E-state index contributed by atoms with van der Waals surface area (Å²) in [5, 5.41) is 1.16. The first kappa shape index (κ1) is 19.1. The molecule has 0 radical (unpaired) electrons. The number of thiazole rings is 1. The van der Waals surface area contributed by atoms with E-state index in [2.05, 4.69) is 6.07 Å². The van der Waals surface area contributed by atoms with Crippen molar-refractivity contribution in [1.82, 2.24) is 9.88 Å². The van der Waals surface area contributed by atoms with E-state index in [1.165, 1.54) is 11.0 Å². The maximum atomic E-state index is 12.9. The molecule has 1 aliphatic heterocycles. The number of hydrogen-bond acceptors (Lipinski definition) is 5. The Balaban J connectivity index is 1.43. The van der Waals surface area contributed by atoms with Gasteiger partial charge in [-0.15, -0.1) is 11.3 Å². The normalized spacial score (nSPS) is 15.8. The van der Waals surface area contributed by atoms with E-state index in [4.69, 9.17) is 4.98 Å². The second kappa shape index (κ2) is 7.64. The summed E-state index contributed by atoms with van der Waals surface area (Å²) in [4.78, 5) is 19.5. The summed E-state index contributed by atoms with van der Waals surface area (Å²) in [6, 6.07) is 15.1. The van der Waals surface area contributed by atoms with E-state index in [1.807, 2.05) is 23.1 Å². The molecular weight excluding hydrogens is 392 g/mol. The third-order valence-electron chi connectivity index (χ3n) is 5.04. The fourth-order valence-corrected chi connectivity index (χ4v) is 5.60. The molecule has 1 amide bonds. The zero-order chi connectivity index (χ0) is 19.7. The smallest absolute Gasteiger partial charge is 0.253 e. The first-order chi connectivity index (χ1) is 13.4. The van der Waals surface area contributed by atoms with Gasteiger partial charge >= 0.3 is 0 Å². The SMILES string of the molecule is CS(=O)(=O)Cc1cccc(C(=O)N2CCC(c3nc4ccccc4s3)CC2)c1. The van der Waals surface area contributed by atoms with Crippen LogP contribution in [0.25, 0.3) is 10.2 Å². The standard InChI is InChI=1S/C21H22N2O3S2/c1-28(25,26)14-15-5-4-6-17(13-15)21(24)23-11-9-16(10-12-23)20-22-18-7-2-3-8-19(18)27-20/h2-8,13,16H,9-12,14H2,1H3. The molecule has 0 aliphatic carbocycles. The van der Waals surface area contributed by atoms with Crippen LogP contribution in [0, 0.1) is 0 Å². The summed E-state index contributed by atoms with van der Waals surface area (Å²) in [5.41, 5.74) is 2.25. The predicted molar refractivity (Wildman–Crippen MR) is 112 cm³/mol. The molecule has 4 rings (SSSR count). The van der Waals surface area contributed by atoms with Crippen LogP contribution in [-0.2, 0) is 15.6 Å². The van der Waals surface area contributed by atoms with Crippen molar-refractivity contribution in [3.05, 3.63) is 64.7 Å². The van der Waals surface area contributed by atoms with Crippen LogP contribution in [0.5, 0.6) is 0 Å². The molecule has 2 aromatic carbocycles. The van der Waals surface area contributed by atoms with E-state index in [0.29, 0.717) is 30.1 Å². The van der Waals surface area contributed by atoms with E-state index in [1.54, 1.807) is 35.6 Å². The lowest BCUT2D eigenvalue weighted by atomic mass is 9.97. The van der Waals surface area contributed by atoms with Crippen LogP contribution >= 0.6 is 11.3 Å². The monoisotopic (exact) mass is 414 g/mol. The highest BCUT2D eigenvalue weighted by Crippen LogP contribution is 2.34. The Morgan fingerprint density at radius 1 is 1.14 bits per heavy atom. The molecule has 1 aliphatic rings. The number of piperidine rings is 1. The second-order valence-corrected chi connectivity index (χ2v) is 10.6. The van der Waals surface area contributed by atoms with Crippen LogP contribution in [0.2, 0.25) is 0 Å². The summed E-state index contributed by atoms with van der Waals surface area (Å²) in [5.74, 6) is 0.310. The molecule has 5 nitrogen and oxygen atoms in total. The molecule has 1 saturated heterocycles. The summed E-state index contributed by atoms with van der Waals surface area (Å²) in [6.45, 7) is 1.38. The molecule has 28 heavy (non-hydrogen) atoms. The van der Waals surface area contributed by atoms with Crippen LogP contribution < -0.4 is 0 Å². The van der Waals surface area contributed by atoms with Crippen molar-refractivity contribution >= 4 is 37.3 Å². The molecule has 0 atom stereocenters. The maximum absolute atomic E-state index is 12.9. The summed E-state index contributed by atoms with van der Waals surface area (Å²) in [6.07, 6.45) is 3.00.